The molecule has 0 bridgehead atoms. The number of piperidine rings is 2. The number of likely N-dealkylation sites (tertiary alicyclic amines) is 2. The third-order valence-electron chi connectivity index (χ3n) is 8.15. The zero-order valence-corrected chi connectivity index (χ0v) is 25.6. The van der Waals surface area contributed by atoms with E-state index in [-0.39, 0.29) is 29.5 Å². The number of benzene rings is 1. The summed E-state index contributed by atoms with van der Waals surface area (Å²) in [5, 5.41) is 17.2. The number of rotatable bonds is 6. The van der Waals surface area contributed by atoms with Crippen LogP contribution >= 0.6 is 0 Å². The summed E-state index contributed by atoms with van der Waals surface area (Å²) in [6, 6.07) is 2.29. The third-order valence-corrected chi connectivity index (χ3v) is 8.15. The van der Waals surface area contributed by atoms with Gasteiger partial charge in [-0.1, -0.05) is 6.92 Å². The minimum Gasteiger partial charge on any atom is -0.444 e. The minimum absolute atomic E-state index is 0.0431. The number of nitrogens with one attached hydrogen (secondary N) is 2. The van der Waals surface area contributed by atoms with E-state index in [1.807, 2.05) is 11.0 Å². The van der Waals surface area contributed by atoms with Crippen LogP contribution < -0.4 is 10.6 Å². The second-order valence-electron chi connectivity index (χ2n) is 12.8. The Hall–Kier alpha value is -3.68. The summed E-state index contributed by atoms with van der Waals surface area (Å²) in [5.74, 6) is 0.737. The van der Waals surface area contributed by atoms with Crippen molar-refractivity contribution < 1.29 is 32.4 Å². The summed E-state index contributed by atoms with van der Waals surface area (Å²) in [6.45, 7) is 11.3. The summed E-state index contributed by atoms with van der Waals surface area (Å²) in [6.07, 6.45) is -0.767. The van der Waals surface area contributed by atoms with Gasteiger partial charge in [0.1, 0.15) is 17.1 Å². The van der Waals surface area contributed by atoms with Gasteiger partial charge in [-0.05, 0) is 89.2 Å². The smallest absolute Gasteiger partial charge is 0.416 e. The van der Waals surface area contributed by atoms with Crippen LogP contribution in [0.25, 0.3) is 0 Å². The van der Waals surface area contributed by atoms with Gasteiger partial charge in [-0.2, -0.15) is 13.2 Å². The molecule has 2 saturated heterocycles. The van der Waals surface area contributed by atoms with Gasteiger partial charge in [-0.3, -0.25) is 30.1 Å². The van der Waals surface area contributed by atoms with Gasteiger partial charge >= 0.3 is 12.3 Å². The first-order chi connectivity index (χ1) is 20.6. The number of nitro groups is 1. The van der Waals surface area contributed by atoms with Gasteiger partial charge in [0.15, 0.2) is 0 Å². The van der Waals surface area contributed by atoms with Gasteiger partial charge in [0.25, 0.3) is 5.69 Å². The lowest BCUT2D eigenvalue weighted by atomic mass is 9.92. The lowest BCUT2D eigenvalue weighted by Gasteiger charge is -2.38. The molecule has 1 atom stereocenters. The highest BCUT2D eigenvalue weighted by Crippen LogP contribution is 2.36. The van der Waals surface area contributed by atoms with Crippen LogP contribution in [0.2, 0.25) is 0 Å². The van der Waals surface area contributed by atoms with E-state index in [9.17, 15) is 32.9 Å². The molecule has 1 aromatic carbocycles. The third kappa shape index (κ3) is 8.93. The molecule has 1 aromatic rings. The fourth-order valence-electron chi connectivity index (χ4n) is 5.70. The van der Waals surface area contributed by atoms with Crippen LogP contribution in [0.4, 0.5) is 29.3 Å². The van der Waals surface area contributed by atoms with Gasteiger partial charge in [-0.25, -0.2) is 4.79 Å². The van der Waals surface area contributed by atoms with Crippen LogP contribution in [0.1, 0.15) is 58.9 Å². The fourth-order valence-corrected chi connectivity index (χ4v) is 5.70. The van der Waals surface area contributed by atoms with Crippen LogP contribution in [0.3, 0.4) is 0 Å². The van der Waals surface area contributed by atoms with Crippen LogP contribution in [0.5, 0.6) is 0 Å². The number of dihydropyridines is 1. The van der Waals surface area contributed by atoms with Crippen LogP contribution in [0, 0.1) is 22.0 Å². The number of alkyl carbamates (subject to hydrolysis) is 1. The predicted molar refractivity (Wildman–Crippen MR) is 159 cm³/mol. The maximum Gasteiger partial charge on any atom is 0.416 e. The normalized spacial score (nSPS) is 20.9. The van der Waals surface area contributed by atoms with Crippen molar-refractivity contribution in [2.24, 2.45) is 16.8 Å². The van der Waals surface area contributed by atoms with Crippen molar-refractivity contribution in [1.82, 2.24) is 15.1 Å². The molecule has 3 heterocycles. The maximum atomic E-state index is 13.3. The Balaban J connectivity index is 1.24. The first kappa shape index (κ1) is 33.2. The van der Waals surface area contributed by atoms with E-state index in [1.54, 1.807) is 20.8 Å². The molecule has 11 nitrogen and oxygen atoms in total. The number of halogens is 3. The molecule has 44 heavy (non-hydrogen) atoms. The predicted octanol–water partition coefficient (Wildman–Crippen LogP) is 5.23. The Bertz CT molecular complexity index is 1290. The lowest BCUT2D eigenvalue weighted by Crippen LogP contribution is -2.47. The SMILES string of the molecule is CC1CN=C(NC(=O)OC(C)(C)C)C=C1CN1CCC(C(=O)N2CCC(Nc3ccc(C(F)(F)F)cc3[N+](=O)[O-])CC2)CC1. The molecule has 242 valence electrons. The Labute approximate surface area is 255 Å². The number of ether oxygens (including phenoxy) is 1. The number of hydrogen-bond donors (Lipinski definition) is 2. The number of anilines is 1. The second-order valence-corrected chi connectivity index (χ2v) is 12.8. The van der Waals surface area contributed by atoms with Crippen LogP contribution in [0.15, 0.2) is 34.8 Å². The van der Waals surface area contributed by atoms with Gasteiger partial charge in [0.05, 0.1) is 10.5 Å². The summed E-state index contributed by atoms with van der Waals surface area (Å²) >= 11 is 0. The van der Waals surface area contributed by atoms with E-state index in [0.717, 1.165) is 44.6 Å². The molecular weight excluding hydrogens is 581 g/mol. The molecule has 0 saturated carbocycles. The van der Waals surface area contributed by atoms with Crippen LogP contribution in [-0.4, -0.2) is 83.5 Å². The van der Waals surface area contributed by atoms with Gasteiger partial charge < -0.3 is 15.0 Å². The molecule has 4 rings (SSSR count). The number of nitrogens with zero attached hydrogens (tertiary/aromatic N) is 4. The standard InChI is InChI=1S/C30H41F3N6O5/c1-19-17-34-26(36-28(41)44-29(2,3)4)15-21(19)18-37-11-7-20(8-12-37)27(40)38-13-9-23(10-14-38)35-24-6-5-22(30(31,32)33)16-25(24)39(42)43/h5-6,15-16,19-20,23,35H,7-14,17-18H2,1-4H3,(H,34,36,41). The molecular formula is C30H41F3N6O5. The highest BCUT2D eigenvalue weighted by molar-refractivity contribution is 6.03. The van der Waals surface area contributed by atoms with E-state index in [1.165, 1.54) is 5.57 Å². The Kier molecular flexibility index (Phi) is 10.2. The first-order valence-corrected chi connectivity index (χ1v) is 15.0. The van der Waals surface area contributed by atoms with Crippen molar-refractivity contribution in [2.75, 3.05) is 44.6 Å². The first-order valence-electron chi connectivity index (χ1n) is 15.0. The van der Waals surface area contributed by atoms with Gasteiger partial charge in [0, 0.05) is 44.2 Å². The number of carbonyl (C=O) groups is 2. The maximum absolute atomic E-state index is 13.3. The number of amidine groups is 1. The molecule has 2 N–H and O–H groups in total. The van der Waals surface area contributed by atoms with Crippen molar-refractivity contribution in [2.45, 2.75) is 71.2 Å². The summed E-state index contributed by atoms with van der Waals surface area (Å²) in [5.41, 5.74) is -1.08. The summed E-state index contributed by atoms with van der Waals surface area (Å²) in [7, 11) is 0. The summed E-state index contributed by atoms with van der Waals surface area (Å²) < 4.78 is 44.4. The van der Waals surface area contributed by atoms with Crippen molar-refractivity contribution in [1.29, 1.82) is 0 Å². The number of alkyl halides is 3. The van der Waals surface area contributed by atoms with E-state index in [2.05, 4.69) is 27.4 Å². The molecule has 3 aliphatic rings. The van der Waals surface area contributed by atoms with Gasteiger partial charge in [-0.15, -0.1) is 0 Å². The summed E-state index contributed by atoms with van der Waals surface area (Å²) in [4.78, 5) is 44.7. The molecule has 0 aliphatic carbocycles. The minimum atomic E-state index is -4.67. The number of aliphatic imine (C=N–C) groups is 1. The van der Waals surface area contributed by atoms with E-state index >= 15 is 0 Å². The van der Waals surface area contributed by atoms with Crippen LogP contribution in [-0.2, 0) is 15.7 Å². The Morgan fingerprint density at radius 2 is 1.75 bits per heavy atom. The van der Waals surface area contributed by atoms with E-state index in [4.69, 9.17) is 4.74 Å². The molecule has 0 spiro atoms. The van der Waals surface area contributed by atoms with Crippen molar-refractivity contribution in [3.8, 4) is 0 Å². The Morgan fingerprint density at radius 1 is 1.09 bits per heavy atom. The fraction of sp³-hybridized carbons (Fsp3) is 0.633. The van der Waals surface area contributed by atoms with Crippen molar-refractivity contribution in [3.05, 3.63) is 45.5 Å². The van der Waals surface area contributed by atoms with Crippen molar-refractivity contribution >= 4 is 29.2 Å². The largest absolute Gasteiger partial charge is 0.444 e. The molecule has 1 unspecified atom stereocenters. The second kappa shape index (κ2) is 13.5. The Morgan fingerprint density at radius 3 is 2.34 bits per heavy atom. The average molecular weight is 623 g/mol. The molecule has 2 fully saturated rings. The zero-order chi connectivity index (χ0) is 32.2. The number of amides is 2. The lowest BCUT2D eigenvalue weighted by molar-refractivity contribution is -0.384. The highest BCUT2D eigenvalue weighted by atomic mass is 19.4. The zero-order valence-electron chi connectivity index (χ0n) is 25.6. The number of hydrogen-bond acceptors (Lipinski definition) is 8. The average Bonchev–Trinajstić information content (AvgIpc) is 2.94. The van der Waals surface area contributed by atoms with E-state index < -0.39 is 34.0 Å². The van der Waals surface area contributed by atoms with Crippen molar-refractivity contribution in [3.63, 3.8) is 0 Å². The molecule has 0 aromatic heterocycles. The topological polar surface area (TPSA) is 129 Å². The highest BCUT2D eigenvalue weighted by Gasteiger charge is 2.35. The molecule has 2 amide bonds. The van der Waals surface area contributed by atoms with E-state index in [0.29, 0.717) is 44.4 Å². The molecule has 3 aliphatic heterocycles. The number of carbonyl (C=O) groups excluding carboxylic acids is 2. The number of nitro benzene ring substituents is 1. The molecule has 14 heteroatoms. The van der Waals surface area contributed by atoms with Gasteiger partial charge in [0.2, 0.25) is 5.91 Å². The quantitative estimate of drug-likeness (QED) is 0.328. The molecule has 0 radical (unpaired) electrons. The monoisotopic (exact) mass is 622 g/mol.